The van der Waals surface area contributed by atoms with E-state index in [0.29, 0.717) is 24.0 Å². The molecule has 3 aromatic rings. The second kappa shape index (κ2) is 5.91. The molecule has 2 aliphatic heterocycles. The van der Waals surface area contributed by atoms with E-state index in [9.17, 15) is 4.79 Å². The lowest BCUT2D eigenvalue weighted by atomic mass is 9.65. The van der Waals surface area contributed by atoms with Gasteiger partial charge in [0.15, 0.2) is 5.78 Å². The van der Waals surface area contributed by atoms with Gasteiger partial charge in [-0.2, -0.15) is 0 Å². The highest BCUT2D eigenvalue weighted by atomic mass is 16.5. The van der Waals surface area contributed by atoms with Crippen molar-refractivity contribution in [2.75, 3.05) is 0 Å². The maximum Gasteiger partial charge on any atom is 0.164 e. The first kappa shape index (κ1) is 19.6. The molecule has 0 saturated carbocycles. The first-order chi connectivity index (χ1) is 16.3. The van der Waals surface area contributed by atoms with E-state index in [1.54, 1.807) is 0 Å². The summed E-state index contributed by atoms with van der Waals surface area (Å²) in [5.74, 6) is 1.68. The normalized spacial score (nSPS) is 35.5. The van der Waals surface area contributed by atoms with E-state index < -0.39 is 0 Å². The van der Waals surface area contributed by atoms with Gasteiger partial charge in [0.05, 0.1) is 11.2 Å². The minimum Gasteiger partial charge on any atom is -0.367 e. The highest BCUT2D eigenvalue weighted by Crippen LogP contribution is 2.69. The molecule has 2 nitrogen and oxygen atoms in total. The molecule has 3 aromatic carbocycles. The SMILES string of the molecule is CC1CC2(C)OC(C)(C3c4ccccc4-c4c5c(c6c(c43)C2c2ccccc2-6)C(=O)CC5)C1C. The van der Waals surface area contributed by atoms with Crippen molar-refractivity contribution in [3.63, 3.8) is 0 Å². The molecule has 1 saturated heterocycles. The van der Waals surface area contributed by atoms with Gasteiger partial charge in [-0.05, 0) is 88.6 Å². The number of carbonyl (C=O) groups is 1. The summed E-state index contributed by atoms with van der Waals surface area (Å²) < 4.78 is 7.45. The zero-order valence-corrected chi connectivity index (χ0v) is 20.4. The summed E-state index contributed by atoms with van der Waals surface area (Å²) in [5, 5.41) is 0. The van der Waals surface area contributed by atoms with Gasteiger partial charge in [0.2, 0.25) is 0 Å². The molecule has 0 amide bonds. The summed E-state index contributed by atoms with van der Waals surface area (Å²) in [4.78, 5) is 13.5. The predicted molar refractivity (Wildman–Crippen MR) is 134 cm³/mol. The summed E-state index contributed by atoms with van der Waals surface area (Å²) in [5.41, 5.74) is 12.6. The molecule has 3 aliphatic carbocycles. The Kier molecular flexibility index (Phi) is 3.41. The summed E-state index contributed by atoms with van der Waals surface area (Å²) in [7, 11) is 0. The lowest BCUT2D eigenvalue weighted by molar-refractivity contribution is -0.222. The first-order valence-electron chi connectivity index (χ1n) is 13.0. The first-order valence-corrected chi connectivity index (χ1v) is 13.0. The topological polar surface area (TPSA) is 26.3 Å². The number of ketones is 1. The number of rotatable bonds is 0. The second-order valence-corrected chi connectivity index (χ2v) is 12.0. The van der Waals surface area contributed by atoms with Gasteiger partial charge in [-0.15, -0.1) is 0 Å². The van der Waals surface area contributed by atoms with Gasteiger partial charge in [0, 0.05) is 23.8 Å². The van der Waals surface area contributed by atoms with Gasteiger partial charge in [0.25, 0.3) is 0 Å². The van der Waals surface area contributed by atoms with Crippen LogP contribution in [0.2, 0.25) is 0 Å². The van der Waals surface area contributed by atoms with E-state index >= 15 is 0 Å². The van der Waals surface area contributed by atoms with Crippen LogP contribution in [0.15, 0.2) is 48.5 Å². The van der Waals surface area contributed by atoms with Gasteiger partial charge in [-0.1, -0.05) is 62.4 Å². The van der Waals surface area contributed by atoms with Gasteiger partial charge < -0.3 is 4.74 Å². The lowest BCUT2D eigenvalue weighted by Crippen LogP contribution is -2.56. The number of carbonyl (C=O) groups excluding carboxylic acids is 1. The molecule has 8 rings (SSSR count). The second-order valence-electron chi connectivity index (χ2n) is 12.0. The van der Waals surface area contributed by atoms with Crippen molar-refractivity contribution in [2.24, 2.45) is 11.8 Å². The molecular weight excluding hydrogens is 416 g/mol. The number of Topliss-reactive ketones (excluding diaryl/α,β-unsaturated/α-hetero) is 1. The number of fused-ring (bicyclic) bond motifs is 13. The van der Waals surface area contributed by atoms with E-state index in [0.717, 1.165) is 18.4 Å². The van der Waals surface area contributed by atoms with Crippen molar-refractivity contribution in [1.82, 2.24) is 0 Å². The van der Waals surface area contributed by atoms with Crippen molar-refractivity contribution >= 4 is 5.78 Å². The van der Waals surface area contributed by atoms with Crippen molar-refractivity contribution in [3.8, 4) is 22.3 Å². The number of hydrogen-bond donors (Lipinski definition) is 0. The quantitative estimate of drug-likeness (QED) is 0.363. The van der Waals surface area contributed by atoms with Crippen LogP contribution in [0.25, 0.3) is 22.3 Å². The monoisotopic (exact) mass is 446 g/mol. The molecule has 6 unspecified atom stereocenters. The molecule has 2 heteroatoms. The van der Waals surface area contributed by atoms with E-state index in [1.165, 1.54) is 50.1 Å². The fourth-order valence-electron chi connectivity index (χ4n) is 8.96. The largest absolute Gasteiger partial charge is 0.367 e. The van der Waals surface area contributed by atoms with Crippen LogP contribution < -0.4 is 0 Å². The van der Waals surface area contributed by atoms with E-state index in [1.807, 2.05) is 0 Å². The molecule has 6 atom stereocenters. The molecule has 0 aromatic heterocycles. The van der Waals surface area contributed by atoms with Gasteiger partial charge >= 0.3 is 0 Å². The van der Waals surface area contributed by atoms with Gasteiger partial charge in [0.1, 0.15) is 0 Å². The van der Waals surface area contributed by atoms with Crippen molar-refractivity contribution < 1.29 is 9.53 Å². The third-order valence-corrected chi connectivity index (χ3v) is 10.3. The Morgan fingerprint density at radius 3 is 2.15 bits per heavy atom. The number of ether oxygens (including phenoxy) is 1. The molecular formula is C32H30O2. The minimum absolute atomic E-state index is 0.166. The van der Waals surface area contributed by atoms with Crippen molar-refractivity contribution in [1.29, 1.82) is 0 Å². The summed E-state index contributed by atoms with van der Waals surface area (Å²) in [6.07, 6.45) is 2.53. The summed E-state index contributed by atoms with van der Waals surface area (Å²) >= 11 is 0. The van der Waals surface area contributed by atoms with Crippen LogP contribution in [0, 0.1) is 11.8 Å². The minimum atomic E-state index is -0.301. The Morgan fingerprint density at radius 2 is 1.41 bits per heavy atom. The van der Waals surface area contributed by atoms with E-state index in [2.05, 4.69) is 76.2 Å². The van der Waals surface area contributed by atoms with Crippen LogP contribution in [-0.4, -0.2) is 17.0 Å². The molecule has 0 radical (unpaired) electrons. The highest BCUT2D eigenvalue weighted by molar-refractivity contribution is 6.12. The zero-order valence-electron chi connectivity index (χ0n) is 20.4. The Balaban J connectivity index is 1.62. The standard InChI is InChI=1S/C32H30O2/c1-16-15-31(3)29-20-11-7-6-10-19(20)26-25-22(13-14-23(25)33)24-18-9-5-8-12-21(18)30(27(24)28(26)29)32(4,34-31)17(16)2/h5-12,16-17,29-30H,13-15H2,1-4H3. The van der Waals surface area contributed by atoms with Crippen LogP contribution in [0.1, 0.15) is 90.5 Å². The molecule has 34 heavy (non-hydrogen) atoms. The third-order valence-electron chi connectivity index (χ3n) is 10.3. The average molecular weight is 447 g/mol. The molecule has 0 spiro atoms. The molecule has 170 valence electrons. The fraction of sp³-hybridized carbons (Fsp3) is 0.406. The third kappa shape index (κ3) is 1.96. The molecule has 0 N–H and O–H groups in total. The Hall–Kier alpha value is -2.71. The Bertz CT molecular complexity index is 1460. The zero-order chi connectivity index (χ0) is 23.1. The smallest absolute Gasteiger partial charge is 0.164 e. The highest BCUT2D eigenvalue weighted by Gasteiger charge is 2.63. The average Bonchev–Trinajstić information content (AvgIpc) is 3.45. The fourth-order valence-corrected chi connectivity index (χ4v) is 8.96. The Labute approximate surface area is 201 Å². The van der Waals surface area contributed by atoms with Crippen LogP contribution in [0.3, 0.4) is 0 Å². The van der Waals surface area contributed by atoms with Crippen LogP contribution in [0.4, 0.5) is 0 Å². The lowest BCUT2D eigenvalue weighted by Gasteiger charge is -2.54. The van der Waals surface area contributed by atoms with E-state index in [-0.39, 0.29) is 23.0 Å². The maximum absolute atomic E-state index is 13.5. The molecule has 2 bridgehead atoms. The number of benzene rings is 3. The Morgan fingerprint density at radius 1 is 0.794 bits per heavy atom. The number of hydrogen-bond acceptors (Lipinski definition) is 2. The van der Waals surface area contributed by atoms with Gasteiger partial charge in [-0.3, -0.25) is 4.79 Å². The van der Waals surface area contributed by atoms with Crippen molar-refractivity contribution in [2.45, 2.75) is 70.0 Å². The molecule has 1 fully saturated rings. The predicted octanol–water partition coefficient (Wildman–Crippen LogP) is 7.26. The van der Waals surface area contributed by atoms with Crippen LogP contribution in [-0.2, 0) is 11.2 Å². The van der Waals surface area contributed by atoms with E-state index in [4.69, 9.17) is 4.74 Å². The summed E-state index contributed by atoms with van der Waals surface area (Å²) in [6.45, 7) is 9.58. The molecule has 2 heterocycles. The summed E-state index contributed by atoms with van der Waals surface area (Å²) in [6, 6.07) is 17.8. The van der Waals surface area contributed by atoms with Crippen LogP contribution in [0.5, 0.6) is 0 Å². The van der Waals surface area contributed by atoms with Crippen molar-refractivity contribution in [3.05, 3.63) is 81.9 Å². The maximum atomic E-state index is 13.5. The molecule has 5 aliphatic rings. The van der Waals surface area contributed by atoms with Crippen LogP contribution >= 0.6 is 0 Å². The van der Waals surface area contributed by atoms with Gasteiger partial charge in [-0.25, -0.2) is 0 Å².